The molecule has 0 bridgehead atoms. The Balaban J connectivity index is 1.69. The van der Waals surface area contributed by atoms with Gasteiger partial charge in [0, 0.05) is 18.6 Å². The van der Waals surface area contributed by atoms with Crippen LogP contribution < -0.4 is 5.32 Å². The first-order valence-corrected chi connectivity index (χ1v) is 8.16. The van der Waals surface area contributed by atoms with Crippen molar-refractivity contribution < 1.29 is 5.11 Å². The number of hydrogen-bond donors (Lipinski definition) is 2. The topological polar surface area (TPSA) is 35.5 Å². The van der Waals surface area contributed by atoms with Crippen LogP contribution in [0.3, 0.4) is 0 Å². The average Bonchev–Trinajstić information content (AvgIpc) is 2.81. The Morgan fingerprint density at radius 1 is 1.32 bits per heavy atom. The fourth-order valence-electron chi connectivity index (χ4n) is 3.46. The Labute approximate surface area is 118 Å². The summed E-state index contributed by atoms with van der Waals surface area (Å²) >= 11 is 0. The van der Waals surface area contributed by atoms with Gasteiger partial charge < -0.3 is 15.3 Å². The smallest absolute Gasteiger partial charge is 0.0743 e. The predicted octanol–water partition coefficient (Wildman–Crippen LogP) is 2.39. The lowest BCUT2D eigenvalue weighted by Gasteiger charge is -2.36. The third-order valence-electron chi connectivity index (χ3n) is 4.85. The molecule has 112 valence electrons. The van der Waals surface area contributed by atoms with E-state index in [1.165, 1.54) is 38.8 Å². The van der Waals surface area contributed by atoms with Gasteiger partial charge in [-0.3, -0.25) is 0 Å². The van der Waals surface area contributed by atoms with Gasteiger partial charge in [-0.1, -0.05) is 13.8 Å². The highest BCUT2D eigenvalue weighted by atomic mass is 16.3. The minimum absolute atomic E-state index is 0.545. The molecule has 3 heteroatoms. The summed E-state index contributed by atoms with van der Waals surface area (Å²) in [5.74, 6) is 0.674. The van der Waals surface area contributed by atoms with Gasteiger partial charge in [-0.2, -0.15) is 0 Å². The minimum atomic E-state index is -0.545. The highest BCUT2D eigenvalue weighted by Gasteiger charge is 2.32. The van der Waals surface area contributed by atoms with Gasteiger partial charge in [-0.05, 0) is 64.5 Å². The van der Waals surface area contributed by atoms with E-state index in [-0.39, 0.29) is 0 Å². The Morgan fingerprint density at radius 3 is 2.84 bits per heavy atom. The lowest BCUT2D eigenvalue weighted by atomic mass is 9.93. The van der Waals surface area contributed by atoms with Gasteiger partial charge in [-0.15, -0.1) is 0 Å². The van der Waals surface area contributed by atoms with E-state index in [9.17, 15) is 5.11 Å². The highest BCUT2D eigenvalue weighted by Crippen LogP contribution is 2.27. The van der Waals surface area contributed by atoms with Crippen LogP contribution in [0.15, 0.2) is 0 Å². The van der Waals surface area contributed by atoms with E-state index < -0.39 is 5.60 Å². The molecule has 0 saturated carbocycles. The van der Waals surface area contributed by atoms with Gasteiger partial charge in [-0.25, -0.2) is 0 Å². The zero-order chi connectivity index (χ0) is 13.9. The molecule has 3 nitrogen and oxygen atoms in total. The molecule has 2 rings (SSSR count). The molecule has 0 aromatic heterocycles. The highest BCUT2D eigenvalue weighted by molar-refractivity contribution is 4.90. The van der Waals surface area contributed by atoms with Crippen molar-refractivity contribution in [2.45, 2.75) is 77.0 Å². The van der Waals surface area contributed by atoms with Crippen molar-refractivity contribution >= 4 is 0 Å². The molecule has 0 radical (unpaired) electrons. The molecular weight excluding hydrogens is 236 g/mol. The maximum atomic E-state index is 10.4. The Hall–Kier alpha value is -0.120. The molecule has 2 N–H and O–H groups in total. The summed E-state index contributed by atoms with van der Waals surface area (Å²) in [6.45, 7) is 9.72. The van der Waals surface area contributed by atoms with Crippen molar-refractivity contribution in [3.8, 4) is 0 Å². The number of rotatable bonds is 6. The number of fused-ring (bicyclic) bond motifs is 1. The predicted molar refractivity (Wildman–Crippen MR) is 80.3 cm³/mol. The summed E-state index contributed by atoms with van der Waals surface area (Å²) in [5, 5.41) is 14.0. The zero-order valence-electron chi connectivity index (χ0n) is 13.0. The largest absolute Gasteiger partial charge is 0.389 e. The fourth-order valence-corrected chi connectivity index (χ4v) is 3.46. The monoisotopic (exact) mass is 268 g/mol. The number of nitrogens with zero attached hydrogens (tertiary/aromatic N) is 1. The van der Waals surface area contributed by atoms with E-state index in [4.69, 9.17) is 0 Å². The molecule has 0 aromatic carbocycles. The zero-order valence-corrected chi connectivity index (χ0v) is 13.0. The third kappa shape index (κ3) is 4.73. The molecule has 0 aromatic rings. The molecule has 3 atom stereocenters. The Kier molecular flexibility index (Phi) is 5.27. The molecule has 2 saturated heterocycles. The standard InChI is InChI=1S/C16H32N2O/c1-13(2)6-8-16(3,19)12-17-14-7-10-18-9-4-5-15(18)11-14/h13-15,17,19H,4-12H2,1-3H3. The van der Waals surface area contributed by atoms with Gasteiger partial charge in [0.25, 0.3) is 0 Å². The second-order valence-corrected chi connectivity index (χ2v) is 7.36. The van der Waals surface area contributed by atoms with Gasteiger partial charge in [0.2, 0.25) is 0 Å². The molecular formula is C16H32N2O. The van der Waals surface area contributed by atoms with E-state index in [1.807, 2.05) is 6.92 Å². The van der Waals surface area contributed by atoms with Gasteiger partial charge in [0.1, 0.15) is 0 Å². The van der Waals surface area contributed by atoms with Gasteiger partial charge >= 0.3 is 0 Å². The first kappa shape index (κ1) is 15.3. The molecule has 3 unspecified atom stereocenters. The van der Waals surface area contributed by atoms with E-state index in [1.54, 1.807) is 0 Å². The summed E-state index contributed by atoms with van der Waals surface area (Å²) in [6.07, 6.45) is 7.29. The van der Waals surface area contributed by atoms with Gasteiger partial charge in [0.05, 0.1) is 5.60 Å². The summed E-state index contributed by atoms with van der Waals surface area (Å²) in [6, 6.07) is 1.43. The quantitative estimate of drug-likeness (QED) is 0.776. The van der Waals surface area contributed by atoms with Crippen molar-refractivity contribution in [2.75, 3.05) is 19.6 Å². The van der Waals surface area contributed by atoms with Crippen LogP contribution in [0.25, 0.3) is 0 Å². The fraction of sp³-hybridized carbons (Fsp3) is 1.00. The number of nitrogens with one attached hydrogen (secondary N) is 1. The summed E-state index contributed by atoms with van der Waals surface area (Å²) in [7, 11) is 0. The normalized spacial score (nSPS) is 31.4. The van der Waals surface area contributed by atoms with Gasteiger partial charge in [0.15, 0.2) is 0 Å². The average molecular weight is 268 g/mol. The first-order valence-electron chi connectivity index (χ1n) is 8.16. The molecule has 2 aliphatic heterocycles. The number of piperidine rings is 1. The van der Waals surface area contributed by atoms with E-state index >= 15 is 0 Å². The van der Waals surface area contributed by atoms with Crippen molar-refractivity contribution in [3.05, 3.63) is 0 Å². The van der Waals surface area contributed by atoms with Crippen LogP contribution in [0.2, 0.25) is 0 Å². The maximum Gasteiger partial charge on any atom is 0.0743 e. The van der Waals surface area contributed by atoms with Crippen LogP contribution in [-0.2, 0) is 0 Å². The minimum Gasteiger partial charge on any atom is -0.389 e. The molecule has 0 amide bonds. The lowest BCUT2D eigenvalue weighted by Crippen LogP contribution is -2.49. The summed E-state index contributed by atoms with van der Waals surface area (Å²) in [5.41, 5.74) is -0.545. The van der Waals surface area contributed by atoms with Crippen LogP contribution in [0, 0.1) is 5.92 Å². The van der Waals surface area contributed by atoms with Crippen molar-refractivity contribution in [1.29, 1.82) is 0 Å². The Morgan fingerprint density at radius 2 is 2.11 bits per heavy atom. The summed E-state index contributed by atoms with van der Waals surface area (Å²) < 4.78 is 0. The number of aliphatic hydroxyl groups is 1. The van der Waals surface area contributed by atoms with Crippen molar-refractivity contribution in [2.24, 2.45) is 5.92 Å². The number of hydrogen-bond acceptors (Lipinski definition) is 3. The first-order chi connectivity index (χ1) is 8.96. The Bertz CT molecular complexity index is 278. The second kappa shape index (κ2) is 6.55. The van der Waals surface area contributed by atoms with Crippen LogP contribution in [0.5, 0.6) is 0 Å². The van der Waals surface area contributed by atoms with Crippen LogP contribution in [0.1, 0.15) is 59.3 Å². The van der Waals surface area contributed by atoms with Crippen LogP contribution in [0.4, 0.5) is 0 Å². The van der Waals surface area contributed by atoms with Crippen molar-refractivity contribution in [3.63, 3.8) is 0 Å². The lowest BCUT2D eigenvalue weighted by molar-refractivity contribution is 0.0381. The SMILES string of the molecule is CC(C)CCC(C)(O)CNC1CCN2CCCC2C1. The molecule has 2 heterocycles. The second-order valence-electron chi connectivity index (χ2n) is 7.36. The van der Waals surface area contributed by atoms with Crippen LogP contribution in [-0.4, -0.2) is 47.3 Å². The summed E-state index contributed by atoms with van der Waals surface area (Å²) in [4.78, 5) is 2.65. The van der Waals surface area contributed by atoms with E-state index in [0.717, 1.165) is 25.4 Å². The van der Waals surface area contributed by atoms with E-state index in [0.29, 0.717) is 12.0 Å². The molecule has 0 aliphatic carbocycles. The molecule has 19 heavy (non-hydrogen) atoms. The molecule has 2 aliphatic rings. The molecule has 2 fully saturated rings. The van der Waals surface area contributed by atoms with Crippen molar-refractivity contribution in [1.82, 2.24) is 10.2 Å². The molecule has 0 spiro atoms. The van der Waals surface area contributed by atoms with Crippen LogP contribution >= 0.6 is 0 Å². The maximum absolute atomic E-state index is 10.4. The third-order valence-corrected chi connectivity index (χ3v) is 4.85. The van der Waals surface area contributed by atoms with E-state index in [2.05, 4.69) is 24.1 Å².